The summed E-state index contributed by atoms with van der Waals surface area (Å²) in [5.41, 5.74) is -1.56. The third-order valence-electron chi connectivity index (χ3n) is 9.60. The van der Waals surface area contributed by atoms with Crippen LogP contribution in [0.15, 0.2) is 0 Å². The van der Waals surface area contributed by atoms with Gasteiger partial charge in [-0.05, 0) is 77.4 Å². The molecule has 1 fully saturated rings. The minimum absolute atomic E-state index is 0.116. The smallest absolute Gasteiger partial charge is 0.351 e. The third-order valence-corrected chi connectivity index (χ3v) is 9.60. The molecule has 1 unspecified atom stereocenters. The lowest BCUT2D eigenvalue weighted by atomic mass is 9.92. The van der Waals surface area contributed by atoms with Gasteiger partial charge in [0.1, 0.15) is 6.29 Å². The summed E-state index contributed by atoms with van der Waals surface area (Å²) in [6.45, 7) is 8.51. The lowest BCUT2D eigenvalue weighted by Gasteiger charge is -2.30. The number of hydrogen-bond acceptors (Lipinski definition) is 8. The van der Waals surface area contributed by atoms with E-state index in [0.29, 0.717) is 32.2 Å². The summed E-state index contributed by atoms with van der Waals surface area (Å²) in [7, 11) is 0. The molecule has 0 spiro atoms. The highest BCUT2D eigenvalue weighted by atomic mass is 16.6. The van der Waals surface area contributed by atoms with Crippen LogP contribution >= 0.6 is 0 Å². The molecule has 1 atom stereocenters. The maximum atomic E-state index is 13.4. The Labute approximate surface area is 294 Å². The van der Waals surface area contributed by atoms with Crippen LogP contribution in [0.2, 0.25) is 0 Å². The molecule has 0 aromatic carbocycles. The highest BCUT2D eigenvalue weighted by molar-refractivity contribution is 5.86. The number of hydrogen-bond donors (Lipinski definition) is 0. The first kappa shape index (κ1) is 44.1. The normalized spacial score (nSPS) is 14.5. The van der Waals surface area contributed by atoms with Crippen LogP contribution in [0, 0.1) is 0 Å². The van der Waals surface area contributed by atoms with Crippen LogP contribution in [0.3, 0.4) is 0 Å². The van der Waals surface area contributed by atoms with Crippen LogP contribution in [0.5, 0.6) is 0 Å². The van der Waals surface area contributed by atoms with Gasteiger partial charge in [-0.15, -0.1) is 0 Å². The molecule has 8 heteroatoms. The average Bonchev–Trinajstić information content (AvgIpc) is 3.60. The number of nitrogens with zero attached hydrogens (tertiary/aromatic N) is 1. The van der Waals surface area contributed by atoms with E-state index >= 15 is 0 Å². The quantitative estimate of drug-likeness (QED) is 0.0287. The monoisotopic (exact) mass is 680 g/mol. The Morgan fingerprint density at radius 1 is 0.583 bits per heavy atom. The van der Waals surface area contributed by atoms with Crippen LogP contribution < -0.4 is 0 Å². The topological polar surface area (TPSA) is 99.2 Å². The van der Waals surface area contributed by atoms with Gasteiger partial charge in [-0.3, -0.25) is 9.59 Å². The predicted molar refractivity (Wildman–Crippen MR) is 194 cm³/mol. The van der Waals surface area contributed by atoms with Gasteiger partial charge >= 0.3 is 17.9 Å². The number of unbranched alkanes of at least 4 members (excludes halogenated alkanes) is 18. The molecule has 1 aliphatic rings. The van der Waals surface area contributed by atoms with Gasteiger partial charge in [-0.25, -0.2) is 4.79 Å². The van der Waals surface area contributed by atoms with E-state index in [0.717, 1.165) is 90.0 Å². The van der Waals surface area contributed by atoms with E-state index in [4.69, 9.17) is 14.2 Å². The van der Waals surface area contributed by atoms with E-state index in [2.05, 4.69) is 18.7 Å². The van der Waals surface area contributed by atoms with Gasteiger partial charge in [-0.1, -0.05) is 117 Å². The van der Waals surface area contributed by atoms with Crippen LogP contribution in [-0.4, -0.2) is 67.5 Å². The standard InChI is InChI=1S/C40H73NO7/c1-3-5-7-9-10-11-12-13-16-26-36-47-39(45)40(30-34-42,48-38(44)28-20-18-22-31-41-32-23-24-33-41)29-21-15-14-17-25-35-46-37(43)27-19-8-6-4-2/h34H,3-33,35-36H2,1-2H3. The van der Waals surface area contributed by atoms with Crippen molar-refractivity contribution in [3.63, 3.8) is 0 Å². The summed E-state index contributed by atoms with van der Waals surface area (Å²) in [6.07, 6.45) is 26.9. The van der Waals surface area contributed by atoms with Crippen LogP contribution in [-0.2, 0) is 33.4 Å². The summed E-state index contributed by atoms with van der Waals surface area (Å²) in [5, 5.41) is 0. The average molecular weight is 680 g/mol. The predicted octanol–water partition coefficient (Wildman–Crippen LogP) is 9.83. The second-order valence-electron chi connectivity index (χ2n) is 14.1. The first-order valence-corrected chi connectivity index (χ1v) is 20.2. The molecule has 1 aliphatic heterocycles. The number of esters is 3. The number of likely N-dealkylation sites (tertiary alicyclic amines) is 1. The lowest BCUT2D eigenvalue weighted by molar-refractivity contribution is -0.185. The first-order chi connectivity index (χ1) is 23.5. The molecule has 0 aromatic rings. The van der Waals surface area contributed by atoms with Crippen molar-refractivity contribution in [1.82, 2.24) is 4.90 Å². The SMILES string of the molecule is CCCCCCCCCCCCOC(=O)C(CC=O)(CCCCCCCOC(=O)CCCCCC)OC(=O)CCCCCN1CCCC1. The molecule has 1 heterocycles. The fourth-order valence-electron chi connectivity index (χ4n) is 6.50. The Morgan fingerprint density at radius 2 is 1.06 bits per heavy atom. The maximum Gasteiger partial charge on any atom is 0.351 e. The van der Waals surface area contributed by atoms with E-state index < -0.39 is 17.5 Å². The van der Waals surface area contributed by atoms with Gasteiger partial charge in [0, 0.05) is 12.8 Å². The molecule has 8 nitrogen and oxygen atoms in total. The zero-order valence-electron chi connectivity index (χ0n) is 31.2. The molecule has 0 bridgehead atoms. The molecule has 0 amide bonds. The third kappa shape index (κ3) is 23.4. The molecular weight excluding hydrogens is 606 g/mol. The number of aldehydes is 1. The molecule has 280 valence electrons. The van der Waals surface area contributed by atoms with Crippen molar-refractivity contribution in [1.29, 1.82) is 0 Å². The first-order valence-electron chi connectivity index (χ1n) is 20.2. The highest BCUT2D eigenvalue weighted by Crippen LogP contribution is 2.27. The highest BCUT2D eigenvalue weighted by Gasteiger charge is 2.43. The largest absolute Gasteiger partial charge is 0.466 e. The molecule has 1 rings (SSSR count). The van der Waals surface area contributed by atoms with Gasteiger partial charge in [-0.2, -0.15) is 0 Å². The van der Waals surface area contributed by atoms with Gasteiger partial charge in [0.25, 0.3) is 0 Å². The summed E-state index contributed by atoms with van der Waals surface area (Å²) in [5.74, 6) is -1.13. The van der Waals surface area contributed by atoms with Crippen molar-refractivity contribution in [3.05, 3.63) is 0 Å². The van der Waals surface area contributed by atoms with Gasteiger partial charge < -0.3 is 23.9 Å². The molecule has 0 aliphatic carbocycles. The van der Waals surface area contributed by atoms with Crippen LogP contribution in [0.25, 0.3) is 0 Å². The Bertz CT molecular complexity index is 813. The maximum absolute atomic E-state index is 13.4. The van der Waals surface area contributed by atoms with Crippen LogP contribution in [0.4, 0.5) is 0 Å². The summed E-state index contributed by atoms with van der Waals surface area (Å²) >= 11 is 0. The van der Waals surface area contributed by atoms with Crippen molar-refractivity contribution in [2.24, 2.45) is 0 Å². The Morgan fingerprint density at radius 3 is 1.65 bits per heavy atom. The zero-order valence-corrected chi connectivity index (χ0v) is 31.2. The molecule has 0 saturated carbocycles. The van der Waals surface area contributed by atoms with E-state index in [-0.39, 0.29) is 31.8 Å². The second kappa shape index (κ2) is 31.1. The summed E-state index contributed by atoms with van der Waals surface area (Å²) in [4.78, 5) is 52.6. The molecular formula is C40H73NO7. The fourth-order valence-corrected chi connectivity index (χ4v) is 6.50. The fraction of sp³-hybridized carbons (Fsp3) is 0.900. The van der Waals surface area contributed by atoms with Crippen LogP contribution in [0.1, 0.15) is 194 Å². The molecule has 0 aromatic heterocycles. The number of carbonyl (C=O) groups excluding carboxylic acids is 4. The van der Waals surface area contributed by atoms with Crippen molar-refractivity contribution in [3.8, 4) is 0 Å². The van der Waals surface area contributed by atoms with E-state index in [1.165, 1.54) is 70.9 Å². The van der Waals surface area contributed by atoms with E-state index in [9.17, 15) is 19.2 Å². The summed E-state index contributed by atoms with van der Waals surface area (Å²) in [6, 6.07) is 0. The Kier molecular flexibility index (Phi) is 28.5. The molecule has 0 radical (unpaired) electrons. The zero-order chi connectivity index (χ0) is 35.0. The number of carbonyl (C=O) groups is 4. The van der Waals surface area contributed by atoms with Crippen molar-refractivity contribution in [2.75, 3.05) is 32.8 Å². The minimum atomic E-state index is -1.56. The van der Waals surface area contributed by atoms with Gasteiger partial charge in [0.2, 0.25) is 5.60 Å². The molecule has 0 N–H and O–H groups in total. The van der Waals surface area contributed by atoms with Crippen molar-refractivity contribution < 1.29 is 33.4 Å². The minimum Gasteiger partial charge on any atom is -0.466 e. The Balaban J connectivity index is 2.48. The van der Waals surface area contributed by atoms with Gasteiger partial charge in [0.15, 0.2) is 0 Å². The molecule has 1 saturated heterocycles. The Hall–Kier alpha value is -1.96. The number of rotatable bonds is 34. The second-order valence-corrected chi connectivity index (χ2v) is 14.1. The number of ether oxygens (including phenoxy) is 3. The van der Waals surface area contributed by atoms with Crippen molar-refractivity contribution >= 4 is 24.2 Å². The van der Waals surface area contributed by atoms with Gasteiger partial charge in [0.05, 0.1) is 19.6 Å². The summed E-state index contributed by atoms with van der Waals surface area (Å²) < 4.78 is 16.9. The van der Waals surface area contributed by atoms with Crippen molar-refractivity contribution in [2.45, 2.75) is 199 Å². The van der Waals surface area contributed by atoms with E-state index in [1.807, 2.05) is 0 Å². The van der Waals surface area contributed by atoms with E-state index in [1.54, 1.807) is 0 Å². The molecule has 48 heavy (non-hydrogen) atoms. The lowest BCUT2D eigenvalue weighted by Crippen LogP contribution is -2.45.